The zero-order chi connectivity index (χ0) is 41.8. The van der Waals surface area contributed by atoms with Crippen molar-refractivity contribution in [3.63, 3.8) is 0 Å². The van der Waals surface area contributed by atoms with Crippen molar-refractivity contribution in [3.05, 3.63) is 60.8 Å². The van der Waals surface area contributed by atoms with Crippen LogP contribution in [0.4, 0.5) is 0 Å². The number of hydrogen-bond donors (Lipinski definition) is 4. The van der Waals surface area contributed by atoms with E-state index in [0.29, 0.717) is 6.42 Å². The molecule has 0 saturated heterocycles. The number of unbranched alkanes of at least 4 members (excludes halogenated alkanes) is 23. The largest absolute Gasteiger partial charge is 0.472 e. The van der Waals surface area contributed by atoms with Crippen molar-refractivity contribution in [2.24, 2.45) is 5.73 Å². The first-order valence-corrected chi connectivity index (χ1v) is 24.9. The standard InChI is InChI=1S/C48H89N2O6P/c1-3-5-7-9-11-13-15-17-19-21-23-25-27-29-31-33-35-37-39-41-47(51)46(45-56-57(53,54)55-44-43-49)50-48(52)42-40-38-36-34-32-30-28-26-24-22-20-18-16-14-12-10-8-6-4-2/h12,14,18,20,23,25,31,33,39,41,46-47,51H,3-11,13,15-17,19,21-22,24,26-30,32,34-38,40,42-45,49H2,1-2H3,(H,50,52)(H,53,54)/b14-12-,20-18-,25-23+,33-31+,41-39+. The van der Waals surface area contributed by atoms with E-state index in [4.69, 9.17) is 14.8 Å². The molecule has 0 aromatic rings. The Morgan fingerprint density at radius 1 is 0.579 bits per heavy atom. The molecule has 8 nitrogen and oxygen atoms in total. The fourth-order valence-corrected chi connectivity index (χ4v) is 7.25. The van der Waals surface area contributed by atoms with Crippen LogP contribution in [0.1, 0.15) is 206 Å². The summed E-state index contributed by atoms with van der Waals surface area (Å²) < 4.78 is 22.1. The Kier molecular flexibility index (Phi) is 42.4. The normalized spacial score (nSPS) is 14.5. The molecule has 332 valence electrons. The van der Waals surface area contributed by atoms with Gasteiger partial charge in [-0.1, -0.05) is 184 Å². The molecule has 0 heterocycles. The molecule has 0 saturated carbocycles. The van der Waals surface area contributed by atoms with Crippen molar-refractivity contribution in [1.29, 1.82) is 0 Å². The number of nitrogens with two attached hydrogens (primary N) is 1. The number of aliphatic hydroxyl groups excluding tert-OH is 1. The quantitative estimate of drug-likeness (QED) is 0.0274. The summed E-state index contributed by atoms with van der Waals surface area (Å²) >= 11 is 0. The van der Waals surface area contributed by atoms with Crippen LogP contribution < -0.4 is 11.1 Å². The van der Waals surface area contributed by atoms with Gasteiger partial charge in [-0.05, 0) is 77.0 Å². The first kappa shape index (κ1) is 55.2. The molecule has 3 unspecified atom stereocenters. The zero-order valence-electron chi connectivity index (χ0n) is 36.8. The lowest BCUT2D eigenvalue weighted by molar-refractivity contribution is -0.123. The van der Waals surface area contributed by atoms with Gasteiger partial charge in [-0.15, -0.1) is 0 Å². The average molecular weight is 821 g/mol. The van der Waals surface area contributed by atoms with Crippen molar-refractivity contribution in [2.75, 3.05) is 19.8 Å². The zero-order valence-corrected chi connectivity index (χ0v) is 37.7. The number of phosphoric ester groups is 1. The average Bonchev–Trinajstić information content (AvgIpc) is 3.20. The summed E-state index contributed by atoms with van der Waals surface area (Å²) in [5, 5.41) is 13.7. The predicted molar refractivity (Wildman–Crippen MR) is 244 cm³/mol. The maximum atomic E-state index is 12.8. The van der Waals surface area contributed by atoms with E-state index in [1.807, 2.05) is 6.08 Å². The third-order valence-electron chi connectivity index (χ3n) is 10.0. The first-order valence-electron chi connectivity index (χ1n) is 23.4. The fraction of sp³-hybridized carbons (Fsp3) is 0.771. The summed E-state index contributed by atoms with van der Waals surface area (Å²) in [5.74, 6) is -0.214. The molecule has 0 radical (unpaired) electrons. The molecular formula is C48H89N2O6P. The third-order valence-corrected chi connectivity index (χ3v) is 11.0. The number of aliphatic hydroxyl groups is 1. The van der Waals surface area contributed by atoms with Crippen molar-refractivity contribution in [1.82, 2.24) is 5.32 Å². The van der Waals surface area contributed by atoms with Gasteiger partial charge in [0.1, 0.15) is 0 Å². The summed E-state index contributed by atoms with van der Waals surface area (Å²) in [4.78, 5) is 22.7. The number of nitrogens with one attached hydrogen (secondary N) is 1. The smallest absolute Gasteiger partial charge is 0.387 e. The Bertz CT molecular complexity index is 1080. The van der Waals surface area contributed by atoms with E-state index in [-0.39, 0.29) is 25.7 Å². The van der Waals surface area contributed by atoms with Gasteiger partial charge in [0.25, 0.3) is 0 Å². The van der Waals surface area contributed by atoms with Crippen LogP contribution >= 0.6 is 7.82 Å². The van der Waals surface area contributed by atoms with E-state index >= 15 is 0 Å². The summed E-state index contributed by atoms with van der Waals surface area (Å²) in [6.07, 6.45) is 55.6. The van der Waals surface area contributed by atoms with Gasteiger partial charge in [-0.2, -0.15) is 0 Å². The van der Waals surface area contributed by atoms with Crippen molar-refractivity contribution >= 4 is 13.7 Å². The molecule has 0 aliphatic heterocycles. The predicted octanol–water partition coefficient (Wildman–Crippen LogP) is 13.4. The minimum atomic E-state index is -4.36. The van der Waals surface area contributed by atoms with Crippen LogP contribution in [0, 0.1) is 0 Å². The van der Waals surface area contributed by atoms with Gasteiger partial charge < -0.3 is 21.1 Å². The maximum absolute atomic E-state index is 12.8. The van der Waals surface area contributed by atoms with E-state index < -0.39 is 20.0 Å². The summed E-state index contributed by atoms with van der Waals surface area (Å²) in [7, 11) is -4.36. The van der Waals surface area contributed by atoms with Gasteiger partial charge >= 0.3 is 7.82 Å². The molecule has 0 bridgehead atoms. The van der Waals surface area contributed by atoms with E-state index in [1.54, 1.807) is 6.08 Å². The molecule has 9 heteroatoms. The third kappa shape index (κ3) is 42.1. The topological polar surface area (TPSA) is 131 Å². The van der Waals surface area contributed by atoms with Gasteiger partial charge in [-0.25, -0.2) is 4.57 Å². The van der Waals surface area contributed by atoms with E-state index in [2.05, 4.69) is 67.8 Å². The minimum Gasteiger partial charge on any atom is -0.387 e. The molecule has 3 atom stereocenters. The fourth-order valence-electron chi connectivity index (χ4n) is 6.49. The van der Waals surface area contributed by atoms with Crippen LogP contribution in [0.3, 0.4) is 0 Å². The second-order valence-corrected chi connectivity index (χ2v) is 17.0. The molecule has 57 heavy (non-hydrogen) atoms. The van der Waals surface area contributed by atoms with Crippen LogP contribution in [-0.4, -0.2) is 47.8 Å². The lowest BCUT2D eigenvalue weighted by Crippen LogP contribution is -2.45. The molecular weight excluding hydrogens is 732 g/mol. The van der Waals surface area contributed by atoms with Gasteiger partial charge in [0.2, 0.25) is 5.91 Å². The first-order chi connectivity index (χ1) is 27.9. The molecule has 0 spiro atoms. The van der Waals surface area contributed by atoms with Gasteiger partial charge in [0.15, 0.2) is 0 Å². The SMILES string of the molecule is CCCCC/C=C\C/C=C\CCCCCCCCCCCC(=O)NC(COP(=O)(O)OCCN)C(O)/C=C/CC/C=C/CC/C=C/CCCCCCCCCCC. The molecule has 0 aromatic heterocycles. The van der Waals surface area contributed by atoms with Crippen LogP contribution in [0.2, 0.25) is 0 Å². The van der Waals surface area contributed by atoms with Crippen molar-refractivity contribution in [2.45, 2.75) is 219 Å². The summed E-state index contributed by atoms with van der Waals surface area (Å²) in [5.41, 5.74) is 5.38. The highest BCUT2D eigenvalue weighted by Crippen LogP contribution is 2.43. The van der Waals surface area contributed by atoms with Gasteiger partial charge in [-0.3, -0.25) is 13.8 Å². The second kappa shape index (κ2) is 43.8. The Hall–Kier alpha value is -1.80. The molecule has 0 rings (SSSR count). The van der Waals surface area contributed by atoms with Crippen LogP contribution in [0.5, 0.6) is 0 Å². The number of rotatable bonds is 43. The molecule has 0 aliphatic carbocycles. The summed E-state index contributed by atoms with van der Waals surface area (Å²) in [6, 6.07) is -0.888. The molecule has 0 aromatic carbocycles. The highest BCUT2D eigenvalue weighted by atomic mass is 31.2. The number of carbonyl (C=O) groups is 1. The number of allylic oxidation sites excluding steroid dienone is 9. The van der Waals surface area contributed by atoms with Crippen LogP contribution in [0.15, 0.2) is 60.8 Å². The van der Waals surface area contributed by atoms with Crippen molar-refractivity contribution in [3.8, 4) is 0 Å². The Labute approximate surface area is 351 Å². The van der Waals surface area contributed by atoms with Gasteiger partial charge in [0, 0.05) is 13.0 Å². The lowest BCUT2D eigenvalue weighted by Gasteiger charge is -2.23. The van der Waals surface area contributed by atoms with Crippen LogP contribution in [-0.2, 0) is 18.4 Å². The van der Waals surface area contributed by atoms with E-state index in [9.17, 15) is 19.4 Å². The van der Waals surface area contributed by atoms with E-state index in [1.165, 1.54) is 135 Å². The highest BCUT2D eigenvalue weighted by molar-refractivity contribution is 7.47. The Morgan fingerprint density at radius 2 is 0.982 bits per heavy atom. The number of hydrogen-bond acceptors (Lipinski definition) is 6. The molecule has 0 fully saturated rings. The minimum absolute atomic E-state index is 0.0690. The Morgan fingerprint density at radius 3 is 1.49 bits per heavy atom. The number of phosphoric acid groups is 1. The lowest BCUT2D eigenvalue weighted by atomic mass is 10.1. The molecule has 0 aliphatic rings. The highest BCUT2D eigenvalue weighted by Gasteiger charge is 2.26. The second-order valence-electron chi connectivity index (χ2n) is 15.6. The van der Waals surface area contributed by atoms with Gasteiger partial charge in [0.05, 0.1) is 25.4 Å². The molecule has 1 amide bonds. The number of amides is 1. The maximum Gasteiger partial charge on any atom is 0.472 e. The monoisotopic (exact) mass is 821 g/mol. The molecule has 5 N–H and O–H groups in total. The number of carbonyl (C=O) groups excluding carboxylic acids is 1. The Balaban J connectivity index is 4.26. The summed E-state index contributed by atoms with van der Waals surface area (Å²) in [6.45, 7) is 4.08. The van der Waals surface area contributed by atoms with Crippen molar-refractivity contribution < 1.29 is 28.4 Å². The van der Waals surface area contributed by atoms with Crippen LogP contribution in [0.25, 0.3) is 0 Å². The van der Waals surface area contributed by atoms with E-state index in [0.717, 1.165) is 51.4 Å².